The van der Waals surface area contributed by atoms with Crippen molar-refractivity contribution in [1.82, 2.24) is 20.1 Å². The van der Waals surface area contributed by atoms with Crippen LogP contribution in [0.15, 0.2) is 18.3 Å². The van der Waals surface area contributed by atoms with Crippen LogP contribution in [0.1, 0.15) is 18.9 Å². The summed E-state index contributed by atoms with van der Waals surface area (Å²) in [6.07, 6.45) is 1.54. The monoisotopic (exact) mass is 320 g/mol. The van der Waals surface area contributed by atoms with Crippen molar-refractivity contribution in [2.24, 2.45) is 0 Å². The molecule has 8 nitrogen and oxygen atoms in total. The zero-order valence-electron chi connectivity index (χ0n) is 13.4. The summed E-state index contributed by atoms with van der Waals surface area (Å²) in [5.41, 5.74) is 0.752. The van der Waals surface area contributed by atoms with Crippen LogP contribution in [-0.2, 0) is 16.1 Å². The van der Waals surface area contributed by atoms with Gasteiger partial charge in [0, 0.05) is 32.4 Å². The standard InChI is InChI=1S/C15H20N4O4/c1-4-23-13-10(6-5-7-16-13)9-17-12(20)8-11-14(21)19(3)15(22)18(11)2/h5-7,11H,4,8-9H2,1-3H3,(H,17,20)/t11-/m1/s1. The number of nitrogens with one attached hydrogen (secondary N) is 1. The largest absolute Gasteiger partial charge is 0.478 e. The van der Waals surface area contributed by atoms with E-state index >= 15 is 0 Å². The number of aromatic nitrogens is 1. The highest BCUT2D eigenvalue weighted by Crippen LogP contribution is 2.17. The molecule has 1 aromatic heterocycles. The van der Waals surface area contributed by atoms with E-state index in [0.717, 1.165) is 10.5 Å². The Labute approximate surface area is 134 Å². The van der Waals surface area contributed by atoms with Gasteiger partial charge >= 0.3 is 6.03 Å². The van der Waals surface area contributed by atoms with Gasteiger partial charge in [0.1, 0.15) is 6.04 Å². The smallest absolute Gasteiger partial charge is 0.326 e. The molecule has 23 heavy (non-hydrogen) atoms. The van der Waals surface area contributed by atoms with Crippen LogP contribution in [0, 0.1) is 0 Å². The fourth-order valence-electron chi connectivity index (χ4n) is 2.34. The van der Waals surface area contributed by atoms with Crippen molar-refractivity contribution < 1.29 is 19.1 Å². The number of hydrogen-bond acceptors (Lipinski definition) is 5. The van der Waals surface area contributed by atoms with Crippen molar-refractivity contribution in [3.05, 3.63) is 23.9 Å². The molecule has 0 aliphatic carbocycles. The van der Waals surface area contributed by atoms with E-state index in [1.54, 1.807) is 12.3 Å². The Morgan fingerprint density at radius 3 is 2.74 bits per heavy atom. The van der Waals surface area contributed by atoms with Gasteiger partial charge in [0.05, 0.1) is 13.0 Å². The van der Waals surface area contributed by atoms with Gasteiger partial charge in [-0.1, -0.05) is 6.07 Å². The van der Waals surface area contributed by atoms with E-state index in [1.165, 1.54) is 19.0 Å². The lowest BCUT2D eigenvalue weighted by molar-refractivity contribution is -0.131. The molecule has 1 N–H and O–H groups in total. The molecule has 0 spiro atoms. The molecule has 0 saturated carbocycles. The van der Waals surface area contributed by atoms with Crippen LogP contribution in [0.25, 0.3) is 0 Å². The fourth-order valence-corrected chi connectivity index (χ4v) is 2.34. The Kier molecular flexibility index (Phi) is 5.15. The van der Waals surface area contributed by atoms with Gasteiger partial charge in [0.25, 0.3) is 5.91 Å². The number of urea groups is 1. The van der Waals surface area contributed by atoms with Crippen molar-refractivity contribution in [3.8, 4) is 5.88 Å². The molecule has 8 heteroatoms. The summed E-state index contributed by atoms with van der Waals surface area (Å²) < 4.78 is 5.39. The van der Waals surface area contributed by atoms with Crippen LogP contribution >= 0.6 is 0 Å². The summed E-state index contributed by atoms with van der Waals surface area (Å²) in [6.45, 7) is 2.58. The number of likely N-dealkylation sites (N-methyl/N-ethyl adjacent to an activating group) is 2. The third-order valence-electron chi connectivity index (χ3n) is 3.66. The van der Waals surface area contributed by atoms with Gasteiger partial charge in [-0.2, -0.15) is 0 Å². The van der Waals surface area contributed by atoms with Crippen molar-refractivity contribution >= 4 is 17.8 Å². The average Bonchev–Trinajstić information content (AvgIpc) is 2.72. The molecule has 1 aliphatic rings. The minimum Gasteiger partial charge on any atom is -0.478 e. The van der Waals surface area contributed by atoms with Crippen LogP contribution < -0.4 is 10.1 Å². The van der Waals surface area contributed by atoms with E-state index in [1.807, 2.05) is 13.0 Å². The zero-order valence-corrected chi connectivity index (χ0v) is 13.4. The quantitative estimate of drug-likeness (QED) is 0.765. The number of carbonyl (C=O) groups excluding carboxylic acids is 3. The zero-order chi connectivity index (χ0) is 17.0. The Hall–Kier alpha value is -2.64. The first-order valence-corrected chi connectivity index (χ1v) is 7.33. The Bertz CT molecular complexity index is 619. The molecule has 1 atom stereocenters. The van der Waals surface area contributed by atoms with E-state index in [4.69, 9.17) is 4.74 Å². The van der Waals surface area contributed by atoms with Gasteiger partial charge in [-0.25, -0.2) is 9.78 Å². The predicted molar refractivity (Wildman–Crippen MR) is 81.6 cm³/mol. The Morgan fingerprint density at radius 2 is 2.13 bits per heavy atom. The molecule has 1 fully saturated rings. The van der Waals surface area contributed by atoms with Crippen molar-refractivity contribution in [3.63, 3.8) is 0 Å². The van der Waals surface area contributed by atoms with Crippen LogP contribution in [0.2, 0.25) is 0 Å². The highest BCUT2D eigenvalue weighted by atomic mass is 16.5. The van der Waals surface area contributed by atoms with Crippen molar-refractivity contribution in [2.45, 2.75) is 25.9 Å². The maximum Gasteiger partial charge on any atom is 0.326 e. The summed E-state index contributed by atoms with van der Waals surface area (Å²) in [4.78, 5) is 42.1. The van der Waals surface area contributed by atoms with Gasteiger partial charge in [0.2, 0.25) is 11.8 Å². The first-order chi connectivity index (χ1) is 11.0. The lowest BCUT2D eigenvalue weighted by atomic mass is 10.1. The van der Waals surface area contributed by atoms with Crippen LogP contribution in [0.4, 0.5) is 4.79 Å². The summed E-state index contributed by atoms with van der Waals surface area (Å²) in [5.74, 6) is -0.215. The van der Waals surface area contributed by atoms with E-state index < -0.39 is 12.1 Å². The number of pyridine rings is 1. The van der Waals surface area contributed by atoms with Gasteiger partial charge in [0.15, 0.2) is 0 Å². The number of rotatable bonds is 6. The number of amides is 4. The first-order valence-electron chi connectivity index (χ1n) is 7.33. The maximum absolute atomic E-state index is 12.1. The lowest BCUT2D eigenvalue weighted by Crippen LogP contribution is -2.37. The number of ether oxygens (including phenoxy) is 1. The molecule has 4 amide bonds. The minimum atomic E-state index is -0.757. The second-order valence-electron chi connectivity index (χ2n) is 5.19. The van der Waals surface area contributed by atoms with Crippen LogP contribution in [-0.4, -0.2) is 59.4 Å². The predicted octanol–water partition coefficient (Wildman–Crippen LogP) is 0.379. The molecule has 0 unspecified atom stereocenters. The molecule has 1 saturated heterocycles. The highest BCUT2D eigenvalue weighted by Gasteiger charge is 2.41. The van der Waals surface area contributed by atoms with E-state index in [2.05, 4.69) is 10.3 Å². The summed E-state index contributed by atoms with van der Waals surface area (Å²) >= 11 is 0. The molecule has 0 bridgehead atoms. The SMILES string of the molecule is CCOc1ncccc1CNC(=O)C[C@@H]1C(=O)N(C)C(=O)N1C. The lowest BCUT2D eigenvalue weighted by Gasteiger charge is -2.16. The fraction of sp³-hybridized carbons (Fsp3) is 0.467. The van der Waals surface area contributed by atoms with E-state index in [0.29, 0.717) is 12.5 Å². The number of nitrogens with zero attached hydrogens (tertiary/aromatic N) is 3. The molecular formula is C15H20N4O4. The molecule has 124 valence electrons. The molecule has 2 rings (SSSR count). The molecule has 0 radical (unpaired) electrons. The van der Waals surface area contributed by atoms with Gasteiger partial charge in [-0.05, 0) is 13.0 Å². The Balaban J connectivity index is 1.94. The molecule has 2 heterocycles. The summed E-state index contributed by atoms with van der Waals surface area (Å²) in [7, 11) is 2.92. The summed E-state index contributed by atoms with van der Waals surface area (Å²) in [5, 5.41) is 2.73. The number of carbonyl (C=O) groups is 3. The van der Waals surface area contributed by atoms with Crippen molar-refractivity contribution in [1.29, 1.82) is 0 Å². The van der Waals surface area contributed by atoms with E-state index in [-0.39, 0.29) is 24.8 Å². The topological polar surface area (TPSA) is 91.8 Å². The molecular weight excluding hydrogens is 300 g/mol. The second-order valence-corrected chi connectivity index (χ2v) is 5.19. The number of hydrogen-bond donors (Lipinski definition) is 1. The first kappa shape index (κ1) is 16.7. The Morgan fingerprint density at radius 1 is 1.39 bits per heavy atom. The van der Waals surface area contributed by atoms with Crippen LogP contribution in [0.5, 0.6) is 5.88 Å². The molecule has 1 aliphatic heterocycles. The average molecular weight is 320 g/mol. The van der Waals surface area contributed by atoms with Gasteiger partial charge < -0.3 is 15.0 Å². The van der Waals surface area contributed by atoms with Crippen molar-refractivity contribution in [2.75, 3.05) is 20.7 Å². The van der Waals surface area contributed by atoms with Crippen LogP contribution in [0.3, 0.4) is 0 Å². The maximum atomic E-state index is 12.1. The normalized spacial score (nSPS) is 17.6. The molecule has 1 aromatic rings. The summed E-state index contributed by atoms with van der Waals surface area (Å²) in [6, 6.07) is 2.40. The van der Waals surface area contributed by atoms with Gasteiger partial charge in [-0.3, -0.25) is 14.5 Å². The minimum absolute atomic E-state index is 0.0738. The molecule has 0 aromatic carbocycles. The number of imide groups is 1. The van der Waals surface area contributed by atoms with E-state index in [9.17, 15) is 14.4 Å². The second kappa shape index (κ2) is 7.08. The highest BCUT2D eigenvalue weighted by molar-refractivity contribution is 6.05. The third kappa shape index (κ3) is 3.58. The third-order valence-corrected chi connectivity index (χ3v) is 3.66. The van der Waals surface area contributed by atoms with Gasteiger partial charge in [-0.15, -0.1) is 0 Å².